The zero-order valence-corrected chi connectivity index (χ0v) is 12.5. The van der Waals surface area contributed by atoms with Crippen molar-refractivity contribution >= 4 is 29.0 Å². The molecule has 0 spiro atoms. The SMILES string of the molecule is O=C(CC1NCC2CCCC21)c1cc(F)c(Cl)cc1Cl. The van der Waals surface area contributed by atoms with Gasteiger partial charge in [-0.15, -0.1) is 0 Å². The molecule has 2 fully saturated rings. The van der Waals surface area contributed by atoms with Crippen LogP contribution < -0.4 is 5.32 Å². The Bertz CT molecular complexity index is 549. The molecule has 3 unspecified atom stereocenters. The number of ketones is 1. The Hall–Kier alpha value is -0.640. The molecular formula is C15H16Cl2FNO. The van der Waals surface area contributed by atoms with Crippen LogP contribution in [0.2, 0.25) is 10.0 Å². The molecule has 1 aromatic carbocycles. The minimum atomic E-state index is -0.599. The van der Waals surface area contributed by atoms with Crippen molar-refractivity contribution in [1.82, 2.24) is 5.32 Å². The second kappa shape index (κ2) is 5.63. The van der Waals surface area contributed by atoms with E-state index in [1.165, 1.54) is 25.3 Å². The van der Waals surface area contributed by atoms with Crippen molar-refractivity contribution in [3.05, 3.63) is 33.6 Å². The van der Waals surface area contributed by atoms with E-state index in [9.17, 15) is 9.18 Å². The highest BCUT2D eigenvalue weighted by Gasteiger charge is 2.39. The first-order valence-corrected chi connectivity index (χ1v) is 7.73. The first-order chi connectivity index (χ1) is 9.56. The molecule has 0 bridgehead atoms. The number of carbonyl (C=O) groups excluding carboxylic acids is 1. The van der Waals surface area contributed by atoms with Crippen LogP contribution >= 0.6 is 23.2 Å². The molecule has 1 N–H and O–H groups in total. The van der Waals surface area contributed by atoms with Gasteiger partial charge in [-0.25, -0.2) is 4.39 Å². The summed E-state index contributed by atoms with van der Waals surface area (Å²) >= 11 is 11.7. The largest absolute Gasteiger partial charge is 0.313 e. The fourth-order valence-corrected chi connectivity index (χ4v) is 4.06. The molecule has 1 saturated heterocycles. The van der Waals surface area contributed by atoms with Gasteiger partial charge in [0.15, 0.2) is 5.78 Å². The maximum Gasteiger partial charge on any atom is 0.166 e. The highest BCUT2D eigenvalue weighted by Crippen LogP contribution is 2.39. The number of nitrogens with one attached hydrogen (secondary N) is 1. The maximum atomic E-state index is 13.5. The van der Waals surface area contributed by atoms with E-state index in [0.717, 1.165) is 12.6 Å². The van der Waals surface area contributed by atoms with E-state index >= 15 is 0 Å². The molecule has 1 aliphatic heterocycles. The van der Waals surface area contributed by atoms with Crippen LogP contribution in [0.1, 0.15) is 36.0 Å². The molecule has 1 aromatic rings. The monoisotopic (exact) mass is 315 g/mol. The Morgan fingerprint density at radius 2 is 2.10 bits per heavy atom. The highest BCUT2D eigenvalue weighted by molar-refractivity contribution is 6.36. The number of carbonyl (C=O) groups is 1. The molecule has 20 heavy (non-hydrogen) atoms. The van der Waals surface area contributed by atoms with Crippen molar-refractivity contribution in [2.45, 2.75) is 31.7 Å². The summed E-state index contributed by atoms with van der Waals surface area (Å²) in [5.74, 6) is 0.563. The van der Waals surface area contributed by atoms with Crippen molar-refractivity contribution in [2.24, 2.45) is 11.8 Å². The zero-order valence-electron chi connectivity index (χ0n) is 11.0. The molecule has 1 heterocycles. The Kier molecular flexibility index (Phi) is 4.02. The van der Waals surface area contributed by atoms with Crippen LogP contribution in [-0.4, -0.2) is 18.4 Å². The number of fused-ring (bicyclic) bond motifs is 1. The van der Waals surface area contributed by atoms with Crippen LogP contribution in [0, 0.1) is 17.7 Å². The summed E-state index contributed by atoms with van der Waals surface area (Å²) in [4.78, 5) is 12.3. The number of rotatable bonds is 3. The minimum Gasteiger partial charge on any atom is -0.313 e. The van der Waals surface area contributed by atoms with Gasteiger partial charge in [0.05, 0.1) is 10.0 Å². The highest BCUT2D eigenvalue weighted by atomic mass is 35.5. The number of Topliss-reactive ketones (excluding diaryl/α,β-unsaturated/α-hetero) is 1. The van der Waals surface area contributed by atoms with Crippen LogP contribution in [-0.2, 0) is 0 Å². The lowest BCUT2D eigenvalue weighted by Crippen LogP contribution is -2.29. The lowest BCUT2D eigenvalue weighted by atomic mass is 9.90. The Morgan fingerprint density at radius 1 is 1.30 bits per heavy atom. The van der Waals surface area contributed by atoms with Crippen molar-refractivity contribution in [2.75, 3.05) is 6.54 Å². The summed E-state index contributed by atoms with van der Waals surface area (Å²) in [6.07, 6.45) is 4.05. The molecule has 1 saturated carbocycles. The molecule has 3 rings (SSSR count). The molecule has 3 atom stereocenters. The third kappa shape index (κ3) is 2.59. The second-order valence-electron chi connectivity index (χ2n) is 5.74. The fourth-order valence-electron chi connectivity index (χ4n) is 3.57. The molecule has 1 aliphatic carbocycles. The van der Waals surface area contributed by atoms with Gasteiger partial charge in [0.25, 0.3) is 0 Å². The second-order valence-corrected chi connectivity index (χ2v) is 6.56. The average molecular weight is 316 g/mol. The van der Waals surface area contributed by atoms with Crippen molar-refractivity contribution in [3.8, 4) is 0 Å². The summed E-state index contributed by atoms with van der Waals surface area (Å²) in [5, 5.41) is 3.59. The van der Waals surface area contributed by atoms with E-state index in [1.54, 1.807) is 0 Å². The van der Waals surface area contributed by atoms with Gasteiger partial charge in [0, 0.05) is 18.0 Å². The molecule has 5 heteroatoms. The van der Waals surface area contributed by atoms with Gasteiger partial charge in [0.2, 0.25) is 0 Å². The number of hydrogen-bond donors (Lipinski definition) is 1. The number of hydrogen-bond acceptors (Lipinski definition) is 2. The van der Waals surface area contributed by atoms with Crippen molar-refractivity contribution in [1.29, 1.82) is 0 Å². The predicted molar refractivity (Wildman–Crippen MR) is 78.0 cm³/mol. The third-order valence-corrected chi connectivity index (χ3v) is 5.19. The lowest BCUT2D eigenvalue weighted by Gasteiger charge is -2.17. The van der Waals surface area contributed by atoms with Crippen LogP contribution in [0.5, 0.6) is 0 Å². The molecule has 108 valence electrons. The predicted octanol–water partition coefficient (Wildman–Crippen LogP) is 4.09. The minimum absolute atomic E-state index is 0.0543. The molecule has 0 radical (unpaired) electrons. The van der Waals surface area contributed by atoms with Gasteiger partial charge in [-0.3, -0.25) is 4.79 Å². The molecule has 0 amide bonds. The quantitative estimate of drug-likeness (QED) is 0.672. The summed E-state index contributed by atoms with van der Waals surface area (Å²) in [5.41, 5.74) is 0.233. The smallest absolute Gasteiger partial charge is 0.166 e. The molecular weight excluding hydrogens is 300 g/mol. The first kappa shape index (κ1) is 14.3. The topological polar surface area (TPSA) is 29.1 Å². The summed E-state index contributed by atoms with van der Waals surface area (Å²) in [6, 6.07) is 2.64. The first-order valence-electron chi connectivity index (χ1n) is 6.97. The van der Waals surface area contributed by atoms with Crippen molar-refractivity contribution in [3.63, 3.8) is 0 Å². The molecule has 2 nitrogen and oxygen atoms in total. The maximum absolute atomic E-state index is 13.5. The van der Waals surface area contributed by atoms with Gasteiger partial charge in [0.1, 0.15) is 5.82 Å². The van der Waals surface area contributed by atoms with Crippen LogP contribution in [0.4, 0.5) is 4.39 Å². The fraction of sp³-hybridized carbons (Fsp3) is 0.533. The van der Waals surface area contributed by atoms with Crippen LogP contribution in [0.3, 0.4) is 0 Å². The van der Waals surface area contributed by atoms with E-state index in [-0.39, 0.29) is 27.4 Å². The van der Waals surface area contributed by atoms with Crippen LogP contribution in [0.25, 0.3) is 0 Å². The van der Waals surface area contributed by atoms with Gasteiger partial charge < -0.3 is 5.32 Å². The Morgan fingerprint density at radius 3 is 2.90 bits per heavy atom. The molecule has 0 aromatic heterocycles. The van der Waals surface area contributed by atoms with E-state index in [0.29, 0.717) is 18.3 Å². The van der Waals surface area contributed by atoms with E-state index in [4.69, 9.17) is 23.2 Å². The normalized spacial score (nSPS) is 28.6. The van der Waals surface area contributed by atoms with Crippen molar-refractivity contribution < 1.29 is 9.18 Å². The van der Waals surface area contributed by atoms with Gasteiger partial charge in [-0.1, -0.05) is 29.6 Å². The summed E-state index contributed by atoms with van der Waals surface area (Å²) in [7, 11) is 0. The Balaban J connectivity index is 1.75. The lowest BCUT2D eigenvalue weighted by molar-refractivity contribution is 0.0963. The van der Waals surface area contributed by atoms with Gasteiger partial charge in [-0.2, -0.15) is 0 Å². The van der Waals surface area contributed by atoms with Gasteiger partial charge >= 0.3 is 0 Å². The van der Waals surface area contributed by atoms with Gasteiger partial charge in [-0.05, 0) is 43.4 Å². The number of benzene rings is 1. The van der Waals surface area contributed by atoms with E-state index in [2.05, 4.69) is 5.32 Å². The summed E-state index contributed by atoms with van der Waals surface area (Å²) in [6.45, 7) is 0.991. The standard InChI is InChI=1S/C15H16Cl2FNO/c16-11-5-12(17)13(18)4-10(11)15(20)6-14-9-3-1-2-8(9)7-19-14/h4-5,8-9,14,19H,1-3,6-7H2. The third-order valence-electron chi connectivity index (χ3n) is 4.59. The van der Waals surface area contributed by atoms with E-state index < -0.39 is 5.82 Å². The van der Waals surface area contributed by atoms with E-state index in [1.807, 2.05) is 0 Å². The zero-order chi connectivity index (χ0) is 14.3. The summed E-state index contributed by atoms with van der Waals surface area (Å²) < 4.78 is 13.5. The Labute approximate surface area is 127 Å². The van der Waals surface area contributed by atoms with Crippen LogP contribution in [0.15, 0.2) is 12.1 Å². The molecule has 2 aliphatic rings. The number of halogens is 3. The average Bonchev–Trinajstić information content (AvgIpc) is 2.98.